The Labute approximate surface area is 188 Å². The van der Waals surface area contributed by atoms with Crippen molar-refractivity contribution in [3.05, 3.63) is 54.3 Å². The van der Waals surface area contributed by atoms with Gasteiger partial charge in [-0.05, 0) is 55.6 Å². The molecular formula is C25H33F2N3O2. The molecule has 4 atom stereocenters. The van der Waals surface area contributed by atoms with Crippen molar-refractivity contribution in [1.82, 2.24) is 4.90 Å². The third-order valence-corrected chi connectivity index (χ3v) is 7.19. The Hall–Kier alpha value is -2.41. The van der Waals surface area contributed by atoms with Gasteiger partial charge >= 0.3 is 0 Å². The van der Waals surface area contributed by atoms with Crippen LogP contribution in [0.15, 0.2) is 47.3 Å². The first-order chi connectivity index (χ1) is 15.2. The summed E-state index contributed by atoms with van der Waals surface area (Å²) < 4.78 is 29.3. The molecule has 1 aromatic rings. The van der Waals surface area contributed by atoms with E-state index in [1.54, 1.807) is 11.0 Å². The molecule has 1 aliphatic heterocycles. The summed E-state index contributed by atoms with van der Waals surface area (Å²) in [5.74, 6) is -1.35. The van der Waals surface area contributed by atoms with E-state index in [1.165, 1.54) is 24.4 Å². The fourth-order valence-electron chi connectivity index (χ4n) is 5.39. The summed E-state index contributed by atoms with van der Waals surface area (Å²) in [5, 5.41) is 17.6. The zero-order valence-corrected chi connectivity index (χ0v) is 19.1. The van der Waals surface area contributed by atoms with Crippen molar-refractivity contribution >= 4 is 11.6 Å². The molecule has 0 radical (unpaired) electrons. The van der Waals surface area contributed by atoms with Crippen LogP contribution in [0.3, 0.4) is 0 Å². The van der Waals surface area contributed by atoms with Crippen LogP contribution in [0, 0.1) is 34.8 Å². The van der Waals surface area contributed by atoms with Gasteiger partial charge in [0.2, 0.25) is 5.91 Å². The Kier molecular flexibility index (Phi) is 7.59. The quantitative estimate of drug-likeness (QED) is 0.558. The first-order valence-electron chi connectivity index (χ1n) is 11.3. The van der Waals surface area contributed by atoms with Gasteiger partial charge in [0.15, 0.2) is 0 Å². The maximum atomic E-state index is 14.6. The lowest BCUT2D eigenvalue weighted by Gasteiger charge is -2.37. The molecule has 0 spiro atoms. The van der Waals surface area contributed by atoms with Crippen LogP contribution >= 0.6 is 0 Å². The minimum Gasteiger partial charge on any atom is -0.394 e. The summed E-state index contributed by atoms with van der Waals surface area (Å²) in [6.07, 6.45) is 6.07. The molecule has 1 amide bonds. The molecule has 3 rings (SSSR count). The molecule has 2 fully saturated rings. The van der Waals surface area contributed by atoms with E-state index >= 15 is 0 Å². The molecule has 0 aromatic heterocycles. The van der Waals surface area contributed by atoms with Crippen molar-refractivity contribution in [3.8, 4) is 0 Å². The summed E-state index contributed by atoms with van der Waals surface area (Å²) in [6.45, 7) is 10.2. The first-order valence-corrected chi connectivity index (χ1v) is 11.3. The topological polar surface area (TPSA) is 65.3 Å². The van der Waals surface area contributed by atoms with Crippen LogP contribution in [0.2, 0.25) is 0 Å². The lowest BCUT2D eigenvalue weighted by atomic mass is 9.72. The number of aliphatic hydroxyl groups is 1. The van der Waals surface area contributed by atoms with E-state index in [-0.39, 0.29) is 47.6 Å². The molecule has 2 aliphatic rings. The zero-order chi connectivity index (χ0) is 23.5. The van der Waals surface area contributed by atoms with Gasteiger partial charge in [-0.1, -0.05) is 39.5 Å². The van der Waals surface area contributed by atoms with Crippen LogP contribution in [0.4, 0.5) is 8.78 Å². The summed E-state index contributed by atoms with van der Waals surface area (Å²) in [5.41, 5.74) is -0.947. The van der Waals surface area contributed by atoms with E-state index in [0.717, 1.165) is 19.3 Å². The Morgan fingerprint density at radius 1 is 1.34 bits per heavy atom. The van der Waals surface area contributed by atoms with E-state index in [2.05, 4.69) is 30.7 Å². The fourth-order valence-corrected chi connectivity index (χ4v) is 5.39. The SMILES string of the molecule is C=C/N=N\C(=C/C1[C@H](C(C)C)CC[C@]1(C)C(=O)N1CCC[C@@H]1CO)c1c(F)cccc1F. The summed E-state index contributed by atoms with van der Waals surface area (Å²) >= 11 is 0. The summed E-state index contributed by atoms with van der Waals surface area (Å²) in [7, 11) is 0. The first kappa shape index (κ1) is 24.2. The second-order valence-electron chi connectivity index (χ2n) is 9.41. The average Bonchev–Trinajstić information content (AvgIpc) is 3.36. The standard InChI is InChI=1S/C25H33F2N3O2/c1-5-28-29-22(23-20(26)9-6-10-21(23)27)14-19-18(16(2)3)11-12-25(19,4)24(32)30-13-7-8-17(30)15-31/h5-6,9-10,14,16-19,31H,1,7-8,11-13,15H2,2-4H3/b22-14-,29-28-/t17-,18+,19?,25+/m1/s1. The number of benzene rings is 1. The number of halogens is 2. The van der Waals surface area contributed by atoms with E-state index in [0.29, 0.717) is 13.0 Å². The number of carbonyl (C=O) groups is 1. The second-order valence-corrected chi connectivity index (χ2v) is 9.41. The molecule has 1 N–H and O–H groups in total. The molecule has 1 saturated heterocycles. The third kappa shape index (κ3) is 4.53. The molecule has 1 aliphatic carbocycles. The van der Waals surface area contributed by atoms with Gasteiger partial charge < -0.3 is 10.0 Å². The molecule has 1 aromatic carbocycles. The maximum Gasteiger partial charge on any atom is 0.229 e. The van der Waals surface area contributed by atoms with Crippen molar-refractivity contribution in [2.45, 2.75) is 52.5 Å². The molecule has 7 heteroatoms. The minimum absolute atomic E-state index is 0.00698. The number of carbonyl (C=O) groups excluding carboxylic acids is 1. The molecule has 1 unspecified atom stereocenters. The van der Waals surface area contributed by atoms with Crippen LogP contribution in [0.1, 0.15) is 52.0 Å². The highest BCUT2D eigenvalue weighted by Gasteiger charge is 2.52. The van der Waals surface area contributed by atoms with Crippen LogP contribution in [-0.2, 0) is 4.79 Å². The van der Waals surface area contributed by atoms with Crippen molar-refractivity contribution < 1.29 is 18.7 Å². The average molecular weight is 446 g/mol. The molecular weight excluding hydrogens is 412 g/mol. The number of azo groups is 1. The summed E-state index contributed by atoms with van der Waals surface area (Å²) in [4.78, 5) is 15.5. The Bertz CT molecular complexity index is 894. The zero-order valence-electron chi connectivity index (χ0n) is 19.1. The number of aliphatic hydroxyl groups excluding tert-OH is 1. The van der Waals surface area contributed by atoms with Gasteiger partial charge in [0.1, 0.15) is 11.6 Å². The Balaban J connectivity index is 2.11. The summed E-state index contributed by atoms with van der Waals surface area (Å²) in [6, 6.07) is 3.50. The van der Waals surface area contributed by atoms with E-state index in [4.69, 9.17) is 0 Å². The number of allylic oxidation sites excluding steroid dienone is 1. The third-order valence-electron chi connectivity index (χ3n) is 7.19. The Morgan fingerprint density at radius 3 is 2.62 bits per heavy atom. The number of hydrogen-bond acceptors (Lipinski definition) is 4. The Morgan fingerprint density at radius 2 is 2.03 bits per heavy atom. The van der Waals surface area contributed by atoms with Gasteiger partial charge in [-0.3, -0.25) is 4.79 Å². The number of rotatable bonds is 7. The number of hydrogen-bond donors (Lipinski definition) is 1. The van der Waals surface area contributed by atoms with E-state index in [1.807, 2.05) is 6.92 Å². The van der Waals surface area contributed by atoms with Crippen molar-refractivity contribution in [2.24, 2.45) is 33.4 Å². The van der Waals surface area contributed by atoms with Gasteiger partial charge in [-0.15, -0.1) is 0 Å². The molecule has 32 heavy (non-hydrogen) atoms. The van der Waals surface area contributed by atoms with Crippen LogP contribution in [0.5, 0.6) is 0 Å². The molecule has 1 saturated carbocycles. The molecule has 1 heterocycles. The van der Waals surface area contributed by atoms with Crippen molar-refractivity contribution in [2.75, 3.05) is 13.2 Å². The van der Waals surface area contributed by atoms with Crippen LogP contribution in [0.25, 0.3) is 5.70 Å². The number of nitrogens with zero attached hydrogens (tertiary/aromatic N) is 3. The lowest BCUT2D eigenvalue weighted by molar-refractivity contribution is -0.144. The highest BCUT2D eigenvalue weighted by molar-refractivity contribution is 5.84. The largest absolute Gasteiger partial charge is 0.394 e. The molecule has 5 nitrogen and oxygen atoms in total. The van der Waals surface area contributed by atoms with Gasteiger partial charge in [0.05, 0.1) is 29.3 Å². The van der Waals surface area contributed by atoms with Gasteiger partial charge in [0, 0.05) is 12.7 Å². The minimum atomic E-state index is -0.761. The molecule has 0 bridgehead atoms. The predicted molar refractivity (Wildman–Crippen MR) is 120 cm³/mol. The normalized spacial score (nSPS) is 28.8. The van der Waals surface area contributed by atoms with Gasteiger partial charge in [0.25, 0.3) is 0 Å². The fraction of sp³-hybridized carbons (Fsp3) is 0.560. The van der Waals surface area contributed by atoms with Crippen molar-refractivity contribution in [3.63, 3.8) is 0 Å². The van der Waals surface area contributed by atoms with Gasteiger partial charge in [-0.2, -0.15) is 10.2 Å². The molecule has 174 valence electrons. The van der Waals surface area contributed by atoms with E-state index < -0.39 is 17.0 Å². The van der Waals surface area contributed by atoms with Crippen LogP contribution in [-0.4, -0.2) is 35.1 Å². The number of amides is 1. The lowest BCUT2D eigenvalue weighted by Crippen LogP contribution is -2.48. The monoisotopic (exact) mass is 445 g/mol. The highest BCUT2D eigenvalue weighted by Crippen LogP contribution is 2.53. The van der Waals surface area contributed by atoms with Crippen molar-refractivity contribution in [1.29, 1.82) is 0 Å². The maximum absolute atomic E-state index is 14.6. The number of likely N-dealkylation sites (tertiary alicyclic amines) is 1. The highest BCUT2D eigenvalue weighted by atomic mass is 19.1. The van der Waals surface area contributed by atoms with E-state index in [9.17, 15) is 18.7 Å². The van der Waals surface area contributed by atoms with Gasteiger partial charge in [-0.25, -0.2) is 8.78 Å². The second kappa shape index (κ2) is 10.0. The van der Waals surface area contributed by atoms with Crippen LogP contribution < -0.4 is 0 Å². The predicted octanol–water partition coefficient (Wildman–Crippen LogP) is 5.57. The smallest absolute Gasteiger partial charge is 0.229 e.